The van der Waals surface area contributed by atoms with Crippen molar-refractivity contribution in [1.82, 2.24) is 10.2 Å². The highest BCUT2D eigenvalue weighted by molar-refractivity contribution is 6.30. The number of carbonyl (C=O) groups excluding carboxylic acids is 1. The Balaban J connectivity index is 1.51. The maximum Gasteiger partial charge on any atom is 0.306 e. The van der Waals surface area contributed by atoms with Crippen LogP contribution in [0.3, 0.4) is 0 Å². The lowest BCUT2D eigenvalue weighted by molar-refractivity contribution is -0.145. The van der Waals surface area contributed by atoms with Gasteiger partial charge in [0.1, 0.15) is 5.75 Å². The number of aryl methyl sites for hydroxylation is 1. The Morgan fingerprint density at radius 1 is 1.12 bits per heavy atom. The summed E-state index contributed by atoms with van der Waals surface area (Å²) in [6.45, 7) is -0.0641. The Labute approximate surface area is 155 Å². The predicted octanol–water partition coefficient (Wildman–Crippen LogP) is 4.07. The zero-order chi connectivity index (χ0) is 18.4. The lowest BCUT2D eigenvalue weighted by atomic mass is 10.1. The third-order valence-corrected chi connectivity index (χ3v) is 3.96. The van der Waals surface area contributed by atoms with E-state index in [1.807, 2.05) is 24.3 Å². The molecule has 0 saturated carbocycles. The summed E-state index contributed by atoms with van der Waals surface area (Å²) in [5.74, 6) is 0.995. The molecule has 6 nitrogen and oxygen atoms in total. The number of methoxy groups -OCH3 is 1. The third-order valence-electron chi connectivity index (χ3n) is 3.71. The number of nitrogens with zero attached hydrogens (tertiary/aromatic N) is 2. The molecule has 0 amide bonds. The first kappa shape index (κ1) is 17.9. The number of hydrogen-bond donors (Lipinski definition) is 0. The van der Waals surface area contributed by atoms with Gasteiger partial charge in [-0.05, 0) is 42.3 Å². The molecule has 7 heteroatoms. The van der Waals surface area contributed by atoms with Gasteiger partial charge in [-0.1, -0.05) is 29.8 Å². The minimum absolute atomic E-state index is 0.0641. The van der Waals surface area contributed by atoms with Gasteiger partial charge in [-0.2, -0.15) is 0 Å². The molecule has 0 aliphatic carbocycles. The van der Waals surface area contributed by atoms with Crippen molar-refractivity contribution in [1.29, 1.82) is 0 Å². The Morgan fingerprint density at radius 3 is 2.65 bits per heavy atom. The van der Waals surface area contributed by atoms with E-state index < -0.39 is 0 Å². The molecule has 0 aliphatic heterocycles. The minimum Gasteiger partial charge on any atom is -0.496 e. The van der Waals surface area contributed by atoms with Crippen LogP contribution < -0.4 is 4.74 Å². The van der Waals surface area contributed by atoms with Crippen molar-refractivity contribution in [3.63, 3.8) is 0 Å². The maximum absolute atomic E-state index is 11.9. The first-order chi connectivity index (χ1) is 12.7. The Morgan fingerprint density at radius 2 is 1.88 bits per heavy atom. The van der Waals surface area contributed by atoms with E-state index >= 15 is 0 Å². The van der Waals surface area contributed by atoms with Crippen LogP contribution in [-0.2, 0) is 22.6 Å². The van der Waals surface area contributed by atoms with E-state index in [2.05, 4.69) is 10.2 Å². The zero-order valence-corrected chi connectivity index (χ0v) is 14.9. The zero-order valence-electron chi connectivity index (χ0n) is 14.1. The lowest BCUT2D eigenvalue weighted by Crippen LogP contribution is -2.06. The van der Waals surface area contributed by atoms with Crippen LogP contribution in [0.1, 0.15) is 17.9 Å². The van der Waals surface area contributed by atoms with Crippen LogP contribution in [0.15, 0.2) is 52.9 Å². The van der Waals surface area contributed by atoms with Gasteiger partial charge in [0.2, 0.25) is 5.89 Å². The standard InChI is InChI=1S/C19H17ClN2O4/c1-24-16-5-3-2-4-13(16)8-11-18(23)25-12-17-21-22-19(26-17)14-6-9-15(20)10-7-14/h2-7,9-10H,8,11-12H2,1H3. The van der Waals surface area contributed by atoms with Crippen LogP contribution in [0.5, 0.6) is 5.75 Å². The van der Waals surface area contributed by atoms with Crippen LogP contribution in [0.25, 0.3) is 11.5 Å². The molecule has 0 atom stereocenters. The summed E-state index contributed by atoms with van der Waals surface area (Å²) in [5, 5.41) is 8.45. The molecule has 0 N–H and O–H groups in total. The molecule has 0 aliphatic rings. The van der Waals surface area contributed by atoms with Crippen molar-refractivity contribution in [3.05, 3.63) is 65.0 Å². The van der Waals surface area contributed by atoms with Crippen molar-refractivity contribution in [3.8, 4) is 17.2 Å². The second-order valence-electron chi connectivity index (χ2n) is 5.48. The fraction of sp³-hybridized carbons (Fsp3) is 0.211. The topological polar surface area (TPSA) is 74.5 Å². The summed E-state index contributed by atoms with van der Waals surface area (Å²) >= 11 is 5.85. The summed E-state index contributed by atoms with van der Waals surface area (Å²) < 4.78 is 16.0. The number of para-hydroxylation sites is 1. The number of halogens is 1. The molecule has 0 fully saturated rings. The van der Waals surface area contributed by atoms with E-state index in [9.17, 15) is 4.79 Å². The molecule has 3 aromatic rings. The largest absolute Gasteiger partial charge is 0.496 e. The smallest absolute Gasteiger partial charge is 0.306 e. The molecular formula is C19H17ClN2O4. The number of ether oxygens (including phenoxy) is 2. The van der Waals surface area contributed by atoms with E-state index in [0.29, 0.717) is 17.3 Å². The molecule has 134 valence electrons. The van der Waals surface area contributed by atoms with Gasteiger partial charge in [0.05, 0.1) is 7.11 Å². The number of hydrogen-bond acceptors (Lipinski definition) is 6. The van der Waals surface area contributed by atoms with Gasteiger partial charge in [-0.3, -0.25) is 4.79 Å². The molecule has 3 rings (SSSR count). The van der Waals surface area contributed by atoms with Crippen LogP contribution >= 0.6 is 11.6 Å². The fourth-order valence-corrected chi connectivity index (χ4v) is 2.51. The molecule has 0 saturated heterocycles. The molecule has 26 heavy (non-hydrogen) atoms. The van der Waals surface area contributed by atoms with Gasteiger partial charge in [0.25, 0.3) is 5.89 Å². The summed E-state index contributed by atoms with van der Waals surface area (Å²) in [7, 11) is 1.60. The van der Waals surface area contributed by atoms with E-state index in [4.69, 9.17) is 25.5 Å². The van der Waals surface area contributed by atoms with Gasteiger partial charge >= 0.3 is 5.97 Å². The monoisotopic (exact) mass is 372 g/mol. The van der Waals surface area contributed by atoms with E-state index in [1.54, 1.807) is 31.4 Å². The molecule has 0 radical (unpaired) electrons. The van der Waals surface area contributed by atoms with Crippen molar-refractivity contribution in [2.45, 2.75) is 19.4 Å². The number of benzene rings is 2. The molecule has 0 bridgehead atoms. The number of aromatic nitrogens is 2. The molecule has 2 aromatic carbocycles. The normalized spacial score (nSPS) is 10.5. The molecule has 1 aromatic heterocycles. The highest BCUT2D eigenvalue weighted by Gasteiger charge is 2.12. The first-order valence-electron chi connectivity index (χ1n) is 8.01. The van der Waals surface area contributed by atoms with E-state index in [-0.39, 0.29) is 24.9 Å². The predicted molar refractivity (Wildman–Crippen MR) is 95.9 cm³/mol. The Bertz CT molecular complexity index is 877. The quantitative estimate of drug-likeness (QED) is 0.582. The molecule has 1 heterocycles. The molecule has 0 spiro atoms. The van der Waals surface area contributed by atoms with Crippen LogP contribution in [0.4, 0.5) is 0 Å². The van der Waals surface area contributed by atoms with Crippen molar-refractivity contribution < 1.29 is 18.7 Å². The highest BCUT2D eigenvalue weighted by atomic mass is 35.5. The van der Waals surface area contributed by atoms with Crippen LogP contribution in [0.2, 0.25) is 5.02 Å². The second kappa shape index (κ2) is 8.49. The minimum atomic E-state index is -0.345. The van der Waals surface area contributed by atoms with Gasteiger partial charge in [0.15, 0.2) is 6.61 Å². The number of carbonyl (C=O) groups is 1. The average molecular weight is 373 g/mol. The maximum atomic E-state index is 11.9. The van der Waals surface area contributed by atoms with Gasteiger partial charge in [0, 0.05) is 17.0 Å². The summed E-state index contributed by atoms with van der Waals surface area (Å²) in [5.41, 5.74) is 1.70. The lowest BCUT2D eigenvalue weighted by Gasteiger charge is -2.07. The molecule has 0 unspecified atom stereocenters. The van der Waals surface area contributed by atoms with Crippen molar-refractivity contribution >= 4 is 17.6 Å². The first-order valence-corrected chi connectivity index (χ1v) is 8.39. The summed E-state index contributed by atoms with van der Waals surface area (Å²) in [6, 6.07) is 14.6. The van der Waals surface area contributed by atoms with E-state index in [1.165, 1.54) is 0 Å². The van der Waals surface area contributed by atoms with Crippen molar-refractivity contribution in [2.75, 3.05) is 7.11 Å². The van der Waals surface area contributed by atoms with Crippen LogP contribution in [-0.4, -0.2) is 23.3 Å². The van der Waals surface area contributed by atoms with Crippen molar-refractivity contribution in [2.24, 2.45) is 0 Å². The third kappa shape index (κ3) is 4.61. The highest BCUT2D eigenvalue weighted by Crippen LogP contribution is 2.21. The van der Waals surface area contributed by atoms with Crippen LogP contribution in [0, 0.1) is 0 Å². The second-order valence-corrected chi connectivity index (χ2v) is 5.92. The van der Waals surface area contributed by atoms with E-state index in [0.717, 1.165) is 16.9 Å². The number of rotatable bonds is 7. The summed E-state index contributed by atoms with van der Waals surface area (Å²) in [6.07, 6.45) is 0.765. The van der Waals surface area contributed by atoms with Gasteiger partial charge < -0.3 is 13.9 Å². The SMILES string of the molecule is COc1ccccc1CCC(=O)OCc1nnc(-c2ccc(Cl)cc2)o1. The average Bonchev–Trinajstić information content (AvgIpc) is 3.14. The molecular weight excluding hydrogens is 356 g/mol. The summed E-state index contributed by atoms with van der Waals surface area (Å²) in [4.78, 5) is 11.9. The Kier molecular flexibility index (Phi) is 5.86. The Hall–Kier alpha value is -2.86. The number of esters is 1. The van der Waals surface area contributed by atoms with Gasteiger partial charge in [-0.25, -0.2) is 0 Å². The fourth-order valence-electron chi connectivity index (χ4n) is 2.38. The van der Waals surface area contributed by atoms with Gasteiger partial charge in [-0.15, -0.1) is 10.2 Å².